The molecular formula is C26H28F2N2O6. The highest BCUT2D eigenvalue weighted by molar-refractivity contribution is 6.02. The first-order valence-corrected chi connectivity index (χ1v) is 11.8. The van der Waals surface area contributed by atoms with Crippen molar-refractivity contribution >= 4 is 22.5 Å². The van der Waals surface area contributed by atoms with E-state index in [1.807, 2.05) is 0 Å². The van der Waals surface area contributed by atoms with E-state index >= 15 is 4.39 Å². The molecule has 0 spiro atoms. The zero-order valence-corrected chi connectivity index (χ0v) is 19.9. The number of rotatable bonds is 8. The van der Waals surface area contributed by atoms with Crippen molar-refractivity contribution in [3.05, 3.63) is 53.5 Å². The second kappa shape index (κ2) is 8.72. The molecular weight excluding hydrogens is 474 g/mol. The number of amides is 1. The molecule has 1 aliphatic carbocycles. The zero-order chi connectivity index (χ0) is 25.8. The number of carbonyl (C=O) groups is 1. The van der Waals surface area contributed by atoms with E-state index < -0.39 is 30.0 Å². The van der Waals surface area contributed by atoms with Crippen LogP contribution >= 0.6 is 0 Å². The van der Waals surface area contributed by atoms with Gasteiger partial charge in [0.15, 0.2) is 11.5 Å². The number of aliphatic hydroxyl groups excluding tert-OH is 3. The number of anilines is 1. The van der Waals surface area contributed by atoms with Crippen LogP contribution in [0.1, 0.15) is 43.9 Å². The van der Waals surface area contributed by atoms with Crippen LogP contribution in [0.3, 0.4) is 0 Å². The van der Waals surface area contributed by atoms with Gasteiger partial charge in [-0.1, -0.05) is 13.0 Å². The summed E-state index contributed by atoms with van der Waals surface area (Å²) >= 11 is 0. The Bertz CT molecular complexity index is 1330. The van der Waals surface area contributed by atoms with Crippen molar-refractivity contribution in [3.63, 3.8) is 0 Å². The number of ether oxygens (including phenoxy) is 2. The largest absolute Gasteiger partial charge is 0.423 e. The van der Waals surface area contributed by atoms with E-state index in [1.54, 1.807) is 35.8 Å². The number of nitrogens with zero attached hydrogens (tertiary/aromatic N) is 1. The number of nitrogens with one attached hydrogen (secondary N) is 1. The molecule has 5 rings (SSSR count). The number of alkyl halides is 1. The number of aromatic nitrogens is 1. The minimum absolute atomic E-state index is 0.00101. The number of aliphatic hydroxyl groups is 3. The highest BCUT2D eigenvalue weighted by atomic mass is 19.2. The van der Waals surface area contributed by atoms with E-state index in [1.165, 1.54) is 12.1 Å². The summed E-state index contributed by atoms with van der Waals surface area (Å²) in [6.45, 7) is 2.35. The van der Waals surface area contributed by atoms with Gasteiger partial charge in [0.1, 0.15) is 5.82 Å². The lowest BCUT2D eigenvalue weighted by atomic mass is 9.94. The van der Waals surface area contributed by atoms with E-state index in [0.29, 0.717) is 35.0 Å². The van der Waals surface area contributed by atoms with Gasteiger partial charge in [0.2, 0.25) is 5.91 Å². The Labute approximate surface area is 206 Å². The molecule has 36 heavy (non-hydrogen) atoms. The molecule has 3 unspecified atom stereocenters. The highest BCUT2D eigenvalue weighted by Gasteiger charge is 2.52. The molecule has 0 radical (unpaired) electrons. The molecule has 192 valence electrons. The lowest BCUT2D eigenvalue weighted by Crippen LogP contribution is -2.28. The van der Waals surface area contributed by atoms with Gasteiger partial charge < -0.3 is 34.7 Å². The third kappa shape index (κ3) is 4.19. The molecule has 1 amide bonds. The van der Waals surface area contributed by atoms with Gasteiger partial charge in [-0.3, -0.25) is 4.79 Å². The second-order valence-electron chi connectivity index (χ2n) is 9.73. The van der Waals surface area contributed by atoms with E-state index in [-0.39, 0.29) is 42.2 Å². The Kier molecular flexibility index (Phi) is 5.93. The Morgan fingerprint density at radius 3 is 2.53 bits per heavy atom. The smallest absolute Gasteiger partial charge is 0.404 e. The summed E-state index contributed by atoms with van der Waals surface area (Å²) in [4.78, 5) is 13.3. The van der Waals surface area contributed by atoms with Crippen molar-refractivity contribution in [2.75, 3.05) is 18.5 Å². The summed E-state index contributed by atoms with van der Waals surface area (Å²) in [5.74, 6) is -0.883. The Hall–Kier alpha value is -3.21. The number of hydrogen-bond donors (Lipinski definition) is 4. The summed E-state index contributed by atoms with van der Waals surface area (Å²) in [5, 5.41) is 32.2. The van der Waals surface area contributed by atoms with E-state index in [4.69, 9.17) is 9.47 Å². The fourth-order valence-corrected chi connectivity index (χ4v) is 4.77. The summed E-state index contributed by atoms with van der Waals surface area (Å²) < 4.78 is 41.1. The van der Waals surface area contributed by atoms with Crippen LogP contribution in [0.25, 0.3) is 10.9 Å². The second-order valence-corrected chi connectivity index (χ2v) is 9.73. The molecule has 3 atom stereocenters. The van der Waals surface area contributed by atoms with Gasteiger partial charge in [-0.05, 0) is 42.7 Å². The number of halogens is 2. The predicted octanol–water partition coefficient (Wildman–Crippen LogP) is 3.31. The molecule has 4 N–H and O–H groups in total. The third-order valence-electron chi connectivity index (χ3n) is 6.92. The topological polar surface area (TPSA) is 113 Å². The van der Waals surface area contributed by atoms with Crippen LogP contribution in [0.4, 0.5) is 14.5 Å². The van der Waals surface area contributed by atoms with Crippen LogP contribution in [0.15, 0.2) is 36.4 Å². The number of hydrogen-bond acceptors (Lipinski definition) is 6. The first-order valence-electron chi connectivity index (χ1n) is 11.8. The number of fused-ring (bicyclic) bond motifs is 2. The van der Waals surface area contributed by atoms with Crippen molar-refractivity contribution in [2.24, 2.45) is 0 Å². The van der Waals surface area contributed by atoms with E-state index in [9.17, 15) is 24.5 Å². The monoisotopic (exact) mass is 502 g/mol. The molecule has 1 aliphatic heterocycles. The van der Waals surface area contributed by atoms with Crippen molar-refractivity contribution in [2.45, 2.75) is 56.7 Å². The van der Waals surface area contributed by atoms with E-state index in [2.05, 4.69) is 5.32 Å². The molecule has 2 heterocycles. The number of benzene rings is 2. The van der Waals surface area contributed by atoms with Gasteiger partial charge >= 0.3 is 6.04 Å². The van der Waals surface area contributed by atoms with Crippen molar-refractivity contribution in [1.82, 2.24) is 4.57 Å². The fraction of sp³-hybridized carbons (Fsp3) is 0.423. The van der Waals surface area contributed by atoms with Crippen LogP contribution in [0.2, 0.25) is 0 Å². The maximum atomic E-state index is 15.2. The highest BCUT2D eigenvalue weighted by Crippen LogP contribution is 2.52. The average molecular weight is 503 g/mol. The van der Waals surface area contributed by atoms with Crippen LogP contribution in [0, 0.1) is 5.82 Å². The van der Waals surface area contributed by atoms with E-state index in [0.717, 1.165) is 6.92 Å². The molecule has 2 aromatic carbocycles. The Balaban J connectivity index is 1.44. The molecule has 0 saturated heterocycles. The van der Waals surface area contributed by atoms with Gasteiger partial charge in [-0.25, -0.2) is 4.39 Å². The predicted molar refractivity (Wildman–Crippen MR) is 127 cm³/mol. The van der Waals surface area contributed by atoms with Crippen molar-refractivity contribution < 1.29 is 38.4 Å². The average Bonchev–Trinajstić information content (AvgIpc) is 3.50. The van der Waals surface area contributed by atoms with Gasteiger partial charge in [0.05, 0.1) is 42.5 Å². The minimum atomic E-state index is -2.27. The van der Waals surface area contributed by atoms with Crippen LogP contribution < -0.4 is 14.8 Å². The van der Waals surface area contributed by atoms with Crippen LogP contribution in [-0.2, 0) is 16.8 Å². The standard InChI is InChI=1S/C26H28F2N2O6/c1-14(12-31)20-8-15-7-19(18(27)10-21(15)30(20)11-17(33)13-32)29-24(34)26(5-6-26)16-3-4-22-23(9-16)36-25(2,28)35-22/h3-4,7-10,14,17,31-33H,5-6,11-13H2,1-2H3,(H,29,34). The van der Waals surface area contributed by atoms with Gasteiger partial charge in [-0.15, -0.1) is 0 Å². The first-order chi connectivity index (χ1) is 17.1. The van der Waals surface area contributed by atoms with Crippen molar-refractivity contribution in [3.8, 4) is 11.5 Å². The SMILES string of the molecule is CC(CO)c1cc2cc(NC(=O)C3(c4ccc5c(c4)OC(C)(F)O5)CC3)c(F)cc2n1CC(O)CO. The lowest BCUT2D eigenvalue weighted by Gasteiger charge is -2.18. The van der Waals surface area contributed by atoms with Gasteiger partial charge in [0.25, 0.3) is 0 Å². The summed E-state index contributed by atoms with van der Waals surface area (Å²) in [5.41, 5.74) is 0.882. The number of carbonyl (C=O) groups excluding carboxylic acids is 1. The molecule has 8 nitrogen and oxygen atoms in total. The molecule has 3 aromatic rings. The third-order valence-corrected chi connectivity index (χ3v) is 6.92. The molecule has 10 heteroatoms. The summed E-state index contributed by atoms with van der Waals surface area (Å²) in [7, 11) is 0. The summed E-state index contributed by atoms with van der Waals surface area (Å²) in [6.07, 6.45) is 0.0328. The first kappa shape index (κ1) is 24.5. The Morgan fingerprint density at radius 1 is 1.14 bits per heavy atom. The van der Waals surface area contributed by atoms with Crippen LogP contribution in [-0.4, -0.2) is 51.2 Å². The lowest BCUT2D eigenvalue weighted by molar-refractivity contribution is -0.173. The maximum absolute atomic E-state index is 15.2. The van der Waals surface area contributed by atoms with Gasteiger partial charge in [0, 0.05) is 30.0 Å². The molecule has 1 fully saturated rings. The molecule has 1 saturated carbocycles. The zero-order valence-electron chi connectivity index (χ0n) is 19.9. The fourth-order valence-electron chi connectivity index (χ4n) is 4.77. The normalized spacial score (nSPS) is 21.4. The minimum Gasteiger partial charge on any atom is -0.423 e. The maximum Gasteiger partial charge on any atom is 0.404 e. The molecule has 0 bridgehead atoms. The summed E-state index contributed by atoms with van der Waals surface area (Å²) in [6, 6.07) is 7.12. The quantitative estimate of drug-likeness (QED) is 0.376. The van der Waals surface area contributed by atoms with Crippen molar-refractivity contribution in [1.29, 1.82) is 0 Å². The molecule has 2 aliphatic rings. The Morgan fingerprint density at radius 2 is 1.86 bits per heavy atom. The van der Waals surface area contributed by atoms with Gasteiger partial charge in [-0.2, -0.15) is 4.39 Å². The van der Waals surface area contributed by atoms with Crippen LogP contribution in [0.5, 0.6) is 11.5 Å². The molecule has 1 aromatic heterocycles.